The second-order valence-corrected chi connectivity index (χ2v) is 5.90. The van der Waals surface area contributed by atoms with E-state index < -0.39 is 0 Å². The molecule has 3 aromatic heterocycles. The van der Waals surface area contributed by atoms with Crippen molar-refractivity contribution in [3.05, 3.63) is 59.2 Å². The van der Waals surface area contributed by atoms with E-state index in [1.807, 2.05) is 48.0 Å². The lowest BCUT2D eigenvalue weighted by Crippen LogP contribution is -2.00. The van der Waals surface area contributed by atoms with Crippen LogP contribution >= 0.6 is 11.3 Å². The van der Waals surface area contributed by atoms with Gasteiger partial charge in [0.2, 0.25) is 11.7 Å². The van der Waals surface area contributed by atoms with E-state index in [9.17, 15) is 0 Å². The summed E-state index contributed by atoms with van der Waals surface area (Å²) in [5.74, 6) is 1.72. The quantitative estimate of drug-likeness (QED) is 0.555. The van der Waals surface area contributed by atoms with Gasteiger partial charge in [0.25, 0.3) is 0 Å². The lowest BCUT2D eigenvalue weighted by molar-refractivity contribution is 0.366. The minimum Gasteiger partial charge on any atom is -0.496 e. The number of aromatic nitrogens is 4. The Morgan fingerprint density at radius 3 is 2.96 bits per heavy atom. The molecule has 4 aromatic rings. The van der Waals surface area contributed by atoms with Crippen molar-refractivity contribution in [2.24, 2.45) is 0 Å². The topological polar surface area (TPSA) is 66.0 Å². The molecule has 0 saturated carbocycles. The molecule has 0 fully saturated rings. The molecular formula is C17H14N4O2S. The highest BCUT2D eigenvalue weighted by atomic mass is 32.1. The van der Waals surface area contributed by atoms with Crippen LogP contribution in [0.4, 0.5) is 0 Å². The zero-order chi connectivity index (χ0) is 16.4. The third-order valence-electron chi connectivity index (χ3n) is 3.57. The molecule has 4 rings (SSSR count). The Kier molecular flexibility index (Phi) is 3.84. The van der Waals surface area contributed by atoms with Gasteiger partial charge in [-0.05, 0) is 29.6 Å². The number of methoxy groups -OCH3 is 1. The highest BCUT2D eigenvalue weighted by Gasteiger charge is 2.13. The van der Waals surface area contributed by atoms with Crippen molar-refractivity contribution >= 4 is 11.3 Å². The molecule has 0 amide bonds. The molecule has 0 spiro atoms. The molecule has 6 nitrogen and oxygen atoms in total. The number of thiophene rings is 1. The second-order valence-electron chi connectivity index (χ2n) is 5.12. The maximum absolute atomic E-state index is 5.35. The summed E-state index contributed by atoms with van der Waals surface area (Å²) in [6.07, 6.45) is 1.90. The minimum atomic E-state index is 0.423. The monoisotopic (exact) mass is 338 g/mol. The van der Waals surface area contributed by atoms with E-state index >= 15 is 0 Å². The summed E-state index contributed by atoms with van der Waals surface area (Å²) in [6.45, 7) is 0.423. The third kappa shape index (κ3) is 2.81. The van der Waals surface area contributed by atoms with Crippen LogP contribution < -0.4 is 4.74 Å². The lowest BCUT2D eigenvalue weighted by Gasteiger charge is -2.03. The van der Waals surface area contributed by atoms with Gasteiger partial charge in [-0.15, -0.1) is 0 Å². The van der Waals surface area contributed by atoms with Crippen LogP contribution in [0.1, 0.15) is 5.89 Å². The predicted molar refractivity (Wildman–Crippen MR) is 90.9 cm³/mol. The summed E-state index contributed by atoms with van der Waals surface area (Å²) in [5.41, 5.74) is 2.84. The molecule has 120 valence electrons. The van der Waals surface area contributed by atoms with Crippen molar-refractivity contribution in [1.29, 1.82) is 0 Å². The van der Waals surface area contributed by atoms with E-state index in [0.717, 1.165) is 16.8 Å². The molecule has 0 N–H and O–H groups in total. The minimum absolute atomic E-state index is 0.423. The van der Waals surface area contributed by atoms with E-state index in [2.05, 4.69) is 20.6 Å². The fourth-order valence-electron chi connectivity index (χ4n) is 2.41. The van der Waals surface area contributed by atoms with Crippen LogP contribution in [0.3, 0.4) is 0 Å². The molecule has 0 saturated heterocycles. The average Bonchev–Trinajstić information content (AvgIpc) is 3.36. The van der Waals surface area contributed by atoms with E-state index in [1.54, 1.807) is 23.1 Å². The molecule has 0 aliphatic rings. The van der Waals surface area contributed by atoms with Gasteiger partial charge in [-0.1, -0.05) is 17.3 Å². The summed E-state index contributed by atoms with van der Waals surface area (Å²) < 4.78 is 12.5. The van der Waals surface area contributed by atoms with Gasteiger partial charge >= 0.3 is 0 Å². The Balaban J connectivity index is 1.55. The van der Waals surface area contributed by atoms with Crippen LogP contribution in [0.15, 0.2) is 57.9 Å². The third-order valence-corrected chi connectivity index (χ3v) is 4.25. The molecule has 0 aliphatic carbocycles. The summed E-state index contributed by atoms with van der Waals surface area (Å²) in [5, 5.41) is 12.7. The maximum Gasteiger partial charge on any atom is 0.248 e. The Bertz CT molecular complexity index is 943. The average molecular weight is 338 g/mol. The van der Waals surface area contributed by atoms with Crippen molar-refractivity contribution in [2.75, 3.05) is 7.11 Å². The summed E-state index contributed by atoms with van der Waals surface area (Å²) >= 11 is 1.65. The predicted octanol–water partition coefficient (Wildman–Crippen LogP) is 3.72. The van der Waals surface area contributed by atoms with E-state index in [-0.39, 0.29) is 0 Å². The number of para-hydroxylation sites is 1. The molecule has 7 heteroatoms. The van der Waals surface area contributed by atoms with Crippen molar-refractivity contribution in [3.8, 4) is 28.4 Å². The Morgan fingerprint density at radius 2 is 2.12 bits per heavy atom. The van der Waals surface area contributed by atoms with Gasteiger partial charge in [0.05, 0.1) is 18.4 Å². The number of rotatable bonds is 5. The Labute approximate surface area is 142 Å². The van der Waals surface area contributed by atoms with Crippen LogP contribution in [0.5, 0.6) is 5.75 Å². The van der Waals surface area contributed by atoms with Crippen LogP contribution in [-0.4, -0.2) is 27.0 Å². The summed E-state index contributed by atoms with van der Waals surface area (Å²) in [4.78, 5) is 4.44. The number of ether oxygens (including phenoxy) is 1. The number of nitrogens with zero attached hydrogens (tertiary/aromatic N) is 4. The molecule has 0 atom stereocenters. The van der Waals surface area contributed by atoms with Crippen LogP contribution in [0.25, 0.3) is 22.6 Å². The van der Waals surface area contributed by atoms with Crippen LogP contribution in [0, 0.1) is 0 Å². The number of benzene rings is 1. The second kappa shape index (κ2) is 6.29. The van der Waals surface area contributed by atoms with Crippen molar-refractivity contribution in [2.45, 2.75) is 6.54 Å². The van der Waals surface area contributed by atoms with Gasteiger partial charge < -0.3 is 9.26 Å². The van der Waals surface area contributed by atoms with Gasteiger partial charge in [-0.2, -0.15) is 21.4 Å². The number of hydrogen-bond acceptors (Lipinski definition) is 6. The Morgan fingerprint density at radius 1 is 1.21 bits per heavy atom. The normalized spacial score (nSPS) is 10.9. The molecule has 3 heterocycles. The van der Waals surface area contributed by atoms with Gasteiger partial charge in [0.1, 0.15) is 12.3 Å². The molecular weight excluding hydrogens is 324 g/mol. The van der Waals surface area contributed by atoms with Gasteiger partial charge in [-0.25, -0.2) is 0 Å². The molecule has 1 aromatic carbocycles. The first-order chi connectivity index (χ1) is 11.8. The van der Waals surface area contributed by atoms with Gasteiger partial charge in [0, 0.05) is 17.1 Å². The van der Waals surface area contributed by atoms with Crippen molar-refractivity contribution in [3.63, 3.8) is 0 Å². The fraction of sp³-hybridized carbons (Fsp3) is 0.118. The first kappa shape index (κ1) is 14.6. The first-order valence-corrected chi connectivity index (χ1v) is 8.30. The van der Waals surface area contributed by atoms with Crippen molar-refractivity contribution in [1.82, 2.24) is 19.9 Å². The summed E-state index contributed by atoms with van der Waals surface area (Å²) in [7, 11) is 1.62. The highest BCUT2D eigenvalue weighted by molar-refractivity contribution is 7.08. The molecule has 0 aliphatic heterocycles. The lowest BCUT2D eigenvalue weighted by atomic mass is 10.2. The largest absolute Gasteiger partial charge is 0.496 e. The summed E-state index contributed by atoms with van der Waals surface area (Å²) in [6, 6.07) is 11.6. The van der Waals surface area contributed by atoms with Crippen molar-refractivity contribution < 1.29 is 9.26 Å². The highest BCUT2D eigenvalue weighted by Crippen LogP contribution is 2.27. The molecule has 24 heavy (non-hydrogen) atoms. The maximum atomic E-state index is 5.35. The number of hydrogen-bond donors (Lipinski definition) is 0. The Hall–Kier alpha value is -2.93. The SMILES string of the molecule is COc1ccccc1-c1noc(Cn2ccc(-c3ccsc3)n2)n1. The molecule has 0 radical (unpaired) electrons. The fourth-order valence-corrected chi connectivity index (χ4v) is 3.06. The zero-order valence-corrected chi connectivity index (χ0v) is 13.7. The molecule has 0 unspecified atom stereocenters. The van der Waals surface area contributed by atoms with Gasteiger partial charge in [-0.3, -0.25) is 4.68 Å². The smallest absolute Gasteiger partial charge is 0.248 e. The van der Waals surface area contributed by atoms with Gasteiger partial charge in [0.15, 0.2) is 0 Å². The van der Waals surface area contributed by atoms with Crippen LogP contribution in [0.2, 0.25) is 0 Å². The molecule has 0 bridgehead atoms. The standard InChI is InChI=1S/C17H14N4O2S/c1-22-15-5-3-2-4-13(15)17-18-16(23-20-17)10-21-8-6-14(19-21)12-7-9-24-11-12/h2-9,11H,10H2,1H3. The van der Waals surface area contributed by atoms with E-state index in [4.69, 9.17) is 9.26 Å². The van der Waals surface area contributed by atoms with Crippen LogP contribution in [-0.2, 0) is 6.54 Å². The zero-order valence-electron chi connectivity index (χ0n) is 12.9. The van der Waals surface area contributed by atoms with E-state index in [0.29, 0.717) is 24.0 Å². The first-order valence-electron chi connectivity index (χ1n) is 7.35. The van der Waals surface area contributed by atoms with E-state index in [1.165, 1.54) is 0 Å².